The van der Waals surface area contributed by atoms with Crippen molar-refractivity contribution in [2.75, 3.05) is 5.73 Å². The Morgan fingerprint density at radius 1 is 1.38 bits per heavy atom. The number of allylic oxidation sites excluding steroid dienone is 1. The summed E-state index contributed by atoms with van der Waals surface area (Å²) >= 11 is 0. The predicted molar refractivity (Wildman–Crippen MR) is 88.1 cm³/mol. The lowest BCUT2D eigenvalue weighted by Gasteiger charge is -2.13. The van der Waals surface area contributed by atoms with Crippen molar-refractivity contribution >= 4 is 17.3 Å². The Balaban J connectivity index is 2.54. The molecule has 124 valence electrons. The zero-order valence-electron chi connectivity index (χ0n) is 12.6. The molecule has 0 aliphatic carbocycles. The standard InChI is InChI=1S/C17H15FN2O4/c1-2-3-15(17(21)22)11-6-10(7-12(18)8-11)14-5-4-13(20(23)24)9-16(14)19/h2,4-9,15H,1,3,19H2,(H,21,22). The second-order valence-corrected chi connectivity index (χ2v) is 5.22. The maximum absolute atomic E-state index is 13.9. The predicted octanol–water partition coefficient (Wildman–Crippen LogP) is 3.73. The Kier molecular flexibility index (Phi) is 4.93. The number of hydrogen-bond donors (Lipinski definition) is 2. The Hall–Kier alpha value is -3.22. The van der Waals surface area contributed by atoms with Crippen LogP contribution in [0.5, 0.6) is 0 Å². The van der Waals surface area contributed by atoms with Gasteiger partial charge >= 0.3 is 5.97 Å². The van der Waals surface area contributed by atoms with Gasteiger partial charge in [0.05, 0.1) is 10.8 Å². The Bertz CT molecular complexity index is 820. The molecule has 6 nitrogen and oxygen atoms in total. The van der Waals surface area contributed by atoms with Crippen LogP contribution >= 0.6 is 0 Å². The molecule has 0 heterocycles. The minimum Gasteiger partial charge on any atom is -0.481 e. The summed E-state index contributed by atoms with van der Waals surface area (Å²) in [6.45, 7) is 3.51. The van der Waals surface area contributed by atoms with Crippen molar-refractivity contribution in [3.05, 3.63) is 70.5 Å². The first-order valence-corrected chi connectivity index (χ1v) is 7.02. The van der Waals surface area contributed by atoms with Gasteiger partial charge < -0.3 is 10.8 Å². The van der Waals surface area contributed by atoms with E-state index in [1.54, 1.807) is 0 Å². The van der Waals surface area contributed by atoms with Crippen molar-refractivity contribution in [3.63, 3.8) is 0 Å². The summed E-state index contributed by atoms with van der Waals surface area (Å²) in [6.07, 6.45) is 1.59. The zero-order chi connectivity index (χ0) is 17.9. The second kappa shape index (κ2) is 6.91. The maximum atomic E-state index is 13.9. The molecule has 0 saturated carbocycles. The number of rotatable bonds is 6. The maximum Gasteiger partial charge on any atom is 0.311 e. The highest BCUT2D eigenvalue weighted by Gasteiger charge is 2.20. The Labute approximate surface area is 137 Å². The lowest BCUT2D eigenvalue weighted by molar-refractivity contribution is -0.384. The van der Waals surface area contributed by atoms with Crippen LogP contribution in [-0.4, -0.2) is 16.0 Å². The number of hydrogen-bond acceptors (Lipinski definition) is 4. The van der Waals surface area contributed by atoms with Crippen molar-refractivity contribution in [1.29, 1.82) is 0 Å². The molecular weight excluding hydrogens is 315 g/mol. The smallest absolute Gasteiger partial charge is 0.311 e. The van der Waals surface area contributed by atoms with E-state index in [9.17, 15) is 24.4 Å². The normalized spacial score (nSPS) is 11.7. The van der Waals surface area contributed by atoms with Gasteiger partial charge in [0.25, 0.3) is 5.69 Å². The first-order chi connectivity index (χ1) is 11.3. The minimum absolute atomic E-state index is 0.108. The van der Waals surface area contributed by atoms with Crippen LogP contribution in [0.25, 0.3) is 11.1 Å². The molecule has 0 saturated heterocycles. The average Bonchev–Trinajstić information content (AvgIpc) is 2.51. The monoisotopic (exact) mass is 330 g/mol. The summed E-state index contributed by atoms with van der Waals surface area (Å²) in [7, 11) is 0. The topological polar surface area (TPSA) is 106 Å². The molecule has 2 aromatic rings. The van der Waals surface area contributed by atoms with Crippen molar-refractivity contribution < 1.29 is 19.2 Å². The number of carboxylic acid groups (broad SMARTS) is 1. The summed E-state index contributed by atoms with van der Waals surface area (Å²) in [5, 5.41) is 20.1. The molecule has 0 radical (unpaired) electrons. The minimum atomic E-state index is -1.09. The van der Waals surface area contributed by atoms with Gasteiger partial charge in [0.2, 0.25) is 0 Å². The number of anilines is 1. The largest absolute Gasteiger partial charge is 0.481 e. The summed E-state index contributed by atoms with van der Waals surface area (Å²) in [5.74, 6) is -2.64. The van der Waals surface area contributed by atoms with Crippen molar-refractivity contribution in [2.45, 2.75) is 12.3 Å². The first-order valence-electron chi connectivity index (χ1n) is 7.02. The number of halogens is 1. The lowest BCUT2D eigenvalue weighted by atomic mass is 9.92. The number of carboxylic acids is 1. The molecule has 0 bridgehead atoms. The number of non-ortho nitro benzene ring substituents is 1. The lowest BCUT2D eigenvalue weighted by Crippen LogP contribution is -2.11. The number of nitrogens with zero attached hydrogens (tertiary/aromatic N) is 1. The number of aliphatic carboxylic acids is 1. The van der Waals surface area contributed by atoms with Gasteiger partial charge in [0.15, 0.2) is 0 Å². The third-order valence-electron chi connectivity index (χ3n) is 3.58. The van der Waals surface area contributed by atoms with Gasteiger partial charge in [-0.2, -0.15) is 0 Å². The van der Waals surface area contributed by atoms with Crippen LogP contribution < -0.4 is 5.73 Å². The molecule has 24 heavy (non-hydrogen) atoms. The molecule has 0 aromatic heterocycles. The fourth-order valence-corrected chi connectivity index (χ4v) is 2.44. The van der Waals surface area contributed by atoms with Gasteiger partial charge in [0.1, 0.15) is 5.82 Å². The van der Waals surface area contributed by atoms with Gasteiger partial charge in [-0.05, 0) is 41.8 Å². The SMILES string of the molecule is C=CCC(C(=O)O)c1cc(F)cc(-c2ccc([N+](=O)[O-])cc2N)c1. The first kappa shape index (κ1) is 17.1. The van der Waals surface area contributed by atoms with Gasteiger partial charge in [-0.25, -0.2) is 4.39 Å². The highest BCUT2D eigenvalue weighted by Crippen LogP contribution is 2.32. The highest BCUT2D eigenvalue weighted by molar-refractivity contribution is 5.81. The molecule has 0 fully saturated rings. The second-order valence-electron chi connectivity index (χ2n) is 5.22. The quantitative estimate of drug-likeness (QED) is 0.363. The summed E-state index contributed by atoms with van der Waals surface area (Å²) in [4.78, 5) is 21.5. The van der Waals surface area contributed by atoms with E-state index in [1.165, 1.54) is 36.4 Å². The van der Waals surface area contributed by atoms with Crippen molar-refractivity contribution in [1.82, 2.24) is 0 Å². The fraction of sp³-hybridized carbons (Fsp3) is 0.118. The van der Waals surface area contributed by atoms with E-state index < -0.39 is 22.6 Å². The van der Waals surface area contributed by atoms with Gasteiger partial charge in [-0.3, -0.25) is 14.9 Å². The van der Waals surface area contributed by atoms with Gasteiger partial charge in [-0.1, -0.05) is 6.08 Å². The summed E-state index contributed by atoms with van der Waals surface area (Å²) in [5.41, 5.74) is 6.78. The molecule has 7 heteroatoms. The van der Waals surface area contributed by atoms with E-state index in [2.05, 4.69) is 6.58 Å². The van der Waals surface area contributed by atoms with Crippen LogP contribution in [0.1, 0.15) is 17.9 Å². The average molecular weight is 330 g/mol. The molecule has 0 spiro atoms. The third-order valence-corrected chi connectivity index (χ3v) is 3.58. The van der Waals surface area contributed by atoms with Crippen LogP contribution in [0.3, 0.4) is 0 Å². The molecule has 0 aliphatic rings. The van der Waals surface area contributed by atoms with Crippen LogP contribution in [0.4, 0.5) is 15.8 Å². The van der Waals surface area contributed by atoms with Crippen LogP contribution in [0.15, 0.2) is 49.1 Å². The van der Waals surface area contributed by atoms with Gasteiger partial charge in [0, 0.05) is 23.4 Å². The van der Waals surface area contributed by atoms with Crippen molar-refractivity contribution in [2.24, 2.45) is 0 Å². The molecule has 0 aliphatic heterocycles. The number of benzene rings is 2. The fourth-order valence-electron chi connectivity index (χ4n) is 2.44. The van der Waals surface area contributed by atoms with E-state index in [0.717, 1.165) is 6.07 Å². The van der Waals surface area contributed by atoms with Crippen LogP contribution in [0, 0.1) is 15.9 Å². The number of carbonyl (C=O) groups is 1. The Morgan fingerprint density at radius 2 is 2.08 bits per heavy atom. The molecule has 1 unspecified atom stereocenters. The summed E-state index contributed by atoms with van der Waals surface area (Å²) in [6, 6.07) is 7.71. The van der Waals surface area contributed by atoms with E-state index in [0.29, 0.717) is 11.1 Å². The zero-order valence-corrected chi connectivity index (χ0v) is 12.6. The van der Waals surface area contributed by atoms with Crippen molar-refractivity contribution in [3.8, 4) is 11.1 Å². The van der Waals surface area contributed by atoms with Crippen LogP contribution in [0.2, 0.25) is 0 Å². The molecular formula is C17H15FN2O4. The third kappa shape index (κ3) is 3.57. The number of nitro groups is 1. The van der Waals surface area contributed by atoms with E-state index in [4.69, 9.17) is 5.73 Å². The molecule has 0 amide bonds. The Morgan fingerprint density at radius 3 is 2.62 bits per heavy atom. The van der Waals surface area contributed by atoms with E-state index >= 15 is 0 Å². The number of nitrogen functional groups attached to an aromatic ring is 1. The van der Waals surface area contributed by atoms with Crippen LogP contribution in [-0.2, 0) is 4.79 Å². The number of nitro benzene ring substituents is 1. The highest BCUT2D eigenvalue weighted by atomic mass is 19.1. The molecule has 2 rings (SSSR count). The van der Waals surface area contributed by atoms with Gasteiger partial charge in [-0.15, -0.1) is 6.58 Å². The van der Waals surface area contributed by atoms with E-state index in [-0.39, 0.29) is 23.4 Å². The molecule has 1 atom stereocenters. The molecule has 3 N–H and O–H groups in total. The number of nitrogens with two attached hydrogens (primary N) is 1. The molecule has 2 aromatic carbocycles. The summed E-state index contributed by atoms with van der Waals surface area (Å²) < 4.78 is 13.9. The van der Waals surface area contributed by atoms with E-state index in [1.807, 2.05) is 0 Å².